The number of carbonyl (C=O) groups excluding carboxylic acids is 1. The van der Waals surface area contributed by atoms with Crippen LogP contribution in [0.1, 0.15) is 37.6 Å². The van der Waals surface area contributed by atoms with E-state index in [1.165, 1.54) is 4.90 Å². The average molecular weight is 492 g/mol. The summed E-state index contributed by atoms with van der Waals surface area (Å²) >= 11 is 0. The van der Waals surface area contributed by atoms with E-state index in [0.717, 1.165) is 16.8 Å². The highest BCUT2D eigenvalue weighted by Crippen LogP contribution is 2.28. The van der Waals surface area contributed by atoms with Gasteiger partial charge in [0.1, 0.15) is 17.1 Å². The first-order valence-corrected chi connectivity index (χ1v) is 11.1. The van der Waals surface area contributed by atoms with E-state index in [0.29, 0.717) is 18.6 Å². The zero-order valence-electron chi connectivity index (χ0n) is 19.3. The van der Waals surface area contributed by atoms with Crippen LogP contribution in [0.2, 0.25) is 0 Å². The van der Waals surface area contributed by atoms with Crippen LogP contribution in [0.3, 0.4) is 0 Å². The third-order valence-corrected chi connectivity index (χ3v) is 6.20. The predicted octanol–water partition coefficient (Wildman–Crippen LogP) is 3.29. The van der Waals surface area contributed by atoms with E-state index in [9.17, 15) is 27.9 Å². The maximum absolute atomic E-state index is 15.0. The first-order valence-electron chi connectivity index (χ1n) is 11.1. The first-order chi connectivity index (χ1) is 16.5. The van der Waals surface area contributed by atoms with Gasteiger partial charge in [-0.15, -0.1) is 0 Å². The van der Waals surface area contributed by atoms with Crippen molar-refractivity contribution in [3.63, 3.8) is 0 Å². The molecule has 7 nitrogen and oxygen atoms in total. The summed E-state index contributed by atoms with van der Waals surface area (Å²) < 4.78 is 59.0. The molecule has 3 aromatic rings. The second-order valence-corrected chi connectivity index (χ2v) is 9.02. The van der Waals surface area contributed by atoms with Crippen molar-refractivity contribution in [3.8, 4) is 5.69 Å². The quantitative estimate of drug-likeness (QED) is 0.534. The lowest BCUT2D eigenvalue weighted by atomic mass is 10.1. The molecular weight excluding hydrogens is 468 g/mol. The van der Waals surface area contributed by atoms with Gasteiger partial charge in [-0.25, -0.2) is 22.5 Å². The lowest BCUT2D eigenvalue weighted by molar-refractivity contribution is 0.0929. The van der Waals surface area contributed by atoms with Crippen LogP contribution in [-0.2, 0) is 0 Å². The van der Waals surface area contributed by atoms with Crippen LogP contribution in [0.5, 0.6) is 0 Å². The maximum atomic E-state index is 15.0. The van der Waals surface area contributed by atoms with Gasteiger partial charge in [-0.05, 0) is 25.3 Å². The Balaban J connectivity index is 2.01. The predicted molar refractivity (Wildman–Crippen MR) is 122 cm³/mol. The number of aliphatic hydroxyl groups excluding tert-OH is 1. The monoisotopic (exact) mass is 492 g/mol. The molecule has 1 saturated heterocycles. The summed E-state index contributed by atoms with van der Waals surface area (Å²) in [5, 5.41) is 12.1. The number of rotatable bonds is 5. The van der Waals surface area contributed by atoms with E-state index in [2.05, 4.69) is 10.3 Å². The van der Waals surface area contributed by atoms with Crippen LogP contribution in [0.4, 0.5) is 23.4 Å². The van der Waals surface area contributed by atoms with Crippen molar-refractivity contribution < 1.29 is 27.5 Å². The van der Waals surface area contributed by atoms with Gasteiger partial charge >= 0.3 is 0 Å². The van der Waals surface area contributed by atoms with E-state index in [4.69, 9.17) is 0 Å². The molecule has 2 atom stereocenters. The SMILES string of the molecule is CC(C)C(C)NC(=O)c1cn(-c2c(F)cc(F)cc2F)c2nc(N3CC[C@H](O)C3)c(F)cc2c1=O. The molecule has 0 bridgehead atoms. The van der Waals surface area contributed by atoms with Gasteiger partial charge in [0, 0.05) is 37.5 Å². The lowest BCUT2D eigenvalue weighted by Gasteiger charge is -2.21. The number of aliphatic hydroxyl groups is 1. The number of fused-ring (bicyclic) bond motifs is 1. The fourth-order valence-electron chi connectivity index (χ4n) is 3.92. The van der Waals surface area contributed by atoms with Crippen LogP contribution < -0.4 is 15.6 Å². The molecule has 186 valence electrons. The number of pyridine rings is 2. The molecule has 0 saturated carbocycles. The number of nitrogens with zero attached hydrogens (tertiary/aromatic N) is 3. The van der Waals surface area contributed by atoms with Gasteiger partial charge in [0.05, 0.1) is 11.5 Å². The Kier molecular flexibility index (Phi) is 6.54. The van der Waals surface area contributed by atoms with Gasteiger partial charge in [-0.2, -0.15) is 0 Å². The Bertz CT molecular complexity index is 1350. The highest BCUT2D eigenvalue weighted by atomic mass is 19.1. The van der Waals surface area contributed by atoms with Gasteiger partial charge in [0.15, 0.2) is 28.9 Å². The first kappa shape index (κ1) is 24.6. The minimum absolute atomic E-state index is 0.0195. The molecule has 35 heavy (non-hydrogen) atoms. The molecular formula is C24H24F4N4O3. The zero-order chi connectivity index (χ0) is 25.6. The Morgan fingerprint density at radius 3 is 2.34 bits per heavy atom. The van der Waals surface area contributed by atoms with E-state index in [1.54, 1.807) is 6.92 Å². The molecule has 1 fully saturated rings. The van der Waals surface area contributed by atoms with Crippen LogP contribution in [0.15, 0.2) is 29.2 Å². The molecule has 0 aliphatic carbocycles. The number of nitrogens with one attached hydrogen (secondary N) is 1. The molecule has 3 heterocycles. The van der Waals surface area contributed by atoms with Crippen molar-refractivity contribution in [1.82, 2.24) is 14.9 Å². The number of aromatic nitrogens is 2. The third-order valence-electron chi connectivity index (χ3n) is 6.20. The molecule has 2 N–H and O–H groups in total. The minimum atomic E-state index is -1.31. The zero-order valence-corrected chi connectivity index (χ0v) is 19.3. The topological polar surface area (TPSA) is 87.5 Å². The lowest BCUT2D eigenvalue weighted by Crippen LogP contribution is -2.38. The Hall–Kier alpha value is -3.47. The average Bonchev–Trinajstić information content (AvgIpc) is 3.20. The number of halogens is 4. The van der Waals surface area contributed by atoms with Gasteiger partial charge < -0.3 is 15.3 Å². The normalized spacial score (nSPS) is 16.8. The number of anilines is 1. The molecule has 1 aromatic carbocycles. The number of β-amino-alcohol motifs (C(OH)–C–C–N with tert-alkyl or cyclic N) is 1. The molecule has 2 aromatic heterocycles. The fraction of sp³-hybridized carbons (Fsp3) is 0.375. The van der Waals surface area contributed by atoms with Gasteiger partial charge in [-0.3, -0.25) is 14.2 Å². The van der Waals surface area contributed by atoms with Crippen molar-refractivity contribution in [1.29, 1.82) is 0 Å². The summed E-state index contributed by atoms with van der Waals surface area (Å²) in [6.45, 7) is 5.77. The van der Waals surface area contributed by atoms with Crippen LogP contribution in [0, 0.1) is 29.2 Å². The second kappa shape index (κ2) is 9.29. The number of amides is 1. The smallest absolute Gasteiger partial charge is 0.257 e. The van der Waals surface area contributed by atoms with Crippen molar-refractivity contribution in [2.75, 3.05) is 18.0 Å². The summed E-state index contributed by atoms with van der Waals surface area (Å²) in [5.74, 6) is -5.70. The fourth-order valence-corrected chi connectivity index (χ4v) is 3.92. The summed E-state index contributed by atoms with van der Waals surface area (Å²) in [6, 6.07) is 1.40. The number of hydrogen-bond acceptors (Lipinski definition) is 5. The van der Waals surface area contributed by atoms with Gasteiger partial charge in [0.25, 0.3) is 5.91 Å². The molecule has 0 radical (unpaired) electrons. The number of benzene rings is 1. The van der Waals surface area contributed by atoms with E-state index in [-0.39, 0.29) is 41.9 Å². The Morgan fingerprint density at radius 1 is 1.11 bits per heavy atom. The van der Waals surface area contributed by atoms with Crippen LogP contribution >= 0.6 is 0 Å². The summed E-state index contributed by atoms with van der Waals surface area (Å²) in [4.78, 5) is 31.7. The van der Waals surface area contributed by atoms with Gasteiger partial charge in [0.2, 0.25) is 5.43 Å². The molecule has 0 spiro atoms. The maximum Gasteiger partial charge on any atom is 0.257 e. The van der Waals surface area contributed by atoms with Crippen LogP contribution in [-0.4, -0.2) is 45.8 Å². The Morgan fingerprint density at radius 2 is 1.77 bits per heavy atom. The summed E-state index contributed by atoms with van der Waals surface area (Å²) in [7, 11) is 0. The largest absolute Gasteiger partial charge is 0.391 e. The summed E-state index contributed by atoms with van der Waals surface area (Å²) in [6.07, 6.45) is 0.565. The highest BCUT2D eigenvalue weighted by molar-refractivity contribution is 5.97. The second-order valence-electron chi connectivity index (χ2n) is 9.02. The Labute approximate surface area is 198 Å². The van der Waals surface area contributed by atoms with Crippen molar-refractivity contribution in [2.24, 2.45) is 5.92 Å². The van der Waals surface area contributed by atoms with Crippen molar-refractivity contribution >= 4 is 22.8 Å². The van der Waals surface area contributed by atoms with Crippen molar-refractivity contribution in [2.45, 2.75) is 39.3 Å². The van der Waals surface area contributed by atoms with E-state index < -0.39 is 52.0 Å². The van der Waals surface area contributed by atoms with E-state index >= 15 is 4.39 Å². The minimum Gasteiger partial charge on any atom is -0.391 e. The standard InChI is InChI=1S/C24H24F4N4O3/c1-11(2)12(3)29-24(35)16-10-32(20-17(26)6-13(25)7-18(20)27)22-15(21(16)34)8-19(28)23(30-22)31-5-4-14(33)9-31/h6-8,10-12,14,33H,4-5,9H2,1-3H3,(H,29,35)/t12?,14-/m0/s1. The molecule has 1 unspecified atom stereocenters. The van der Waals surface area contributed by atoms with Gasteiger partial charge in [-0.1, -0.05) is 13.8 Å². The van der Waals surface area contributed by atoms with E-state index in [1.807, 2.05) is 13.8 Å². The van der Waals surface area contributed by atoms with Crippen LogP contribution in [0.25, 0.3) is 16.7 Å². The van der Waals surface area contributed by atoms with Crippen molar-refractivity contribution in [3.05, 3.63) is 63.5 Å². The third kappa shape index (κ3) is 4.60. The molecule has 4 rings (SSSR count). The molecule has 1 aliphatic rings. The number of hydrogen-bond donors (Lipinski definition) is 2. The molecule has 11 heteroatoms. The molecule has 1 amide bonds. The summed E-state index contributed by atoms with van der Waals surface area (Å²) in [5.41, 5.74) is -2.48. The highest BCUT2D eigenvalue weighted by Gasteiger charge is 2.28. The number of carbonyl (C=O) groups is 1. The molecule has 1 aliphatic heterocycles.